The molecule has 174 valence electrons. The summed E-state index contributed by atoms with van der Waals surface area (Å²) in [5, 5.41) is 7.72. The molecule has 4 rings (SSSR count). The Morgan fingerprint density at radius 2 is 2.12 bits per heavy atom. The van der Waals surface area contributed by atoms with Crippen LogP contribution in [0.5, 0.6) is 0 Å². The van der Waals surface area contributed by atoms with Gasteiger partial charge >= 0.3 is 6.09 Å². The van der Waals surface area contributed by atoms with E-state index in [1.807, 2.05) is 11.4 Å². The van der Waals surface area contributed by atoms with Crippen LogP contribution >= 0.6 is 11.3 Å². The van der Waals surface area contributed by atoms with Gasteiger partial charge in [-0.2, -0.15) is 0 Å². The summed E-state index contributed by atoms with van der Waals surface area (Å²) < 4.78 is 19.4. The Morgan fingerprint density at radius 1 is 1.30 bits per heavy atom. The van der Waals surface area contributed by atoms with Gasteiger partial charge in [0.15, 0.2) is 5.69 Å². The van der Waals surface area contributed by atoms with E-state index in [1.165, 1.54) is 17.4 Å². The maximum atomic E-state index is 13.4. The van der Waals surface area contributed by atoms with Crippen LogP contribution in [-0.2, 0) is 11.3 Å². The molecule has 3 aromatic heterocycles. The van der Waals surface area contributed by atoms with Crippen LogP contribution in [0, 0.1) is 5.82 Å². The Hall–Kier alpha value is -3.34. The zero-order chi connectivity index (χ0) is 23.6. The lowest BCUT2D eigenvalue weighted by Crippen LogP contribution is -2.41. The molecule has 1 fully saturated rings. The third-order valence-corrected chi connectivity index (χ3v) is 5.82. The van der Waals surface area contributed by atoms with Crippen molar-refractivity contribution in [3.05, 3.63) is 47.0 Å². The summed E-state index contributed by atoms with van der Waals surface area (Å²) in [5.74, 6) is -0.382. The molecule has 0 saturated carbocycles. The third-order valence-electron chi connectivity index (χ3n) is 4.91. The van der Waals surface area contributed by atoms with E-state index in [9.17, 15) is 14.0 Å². The molecule has 0 bridgehead atoms. The number of ether oxygens (including phenoxy) is 1. The molecule has 0 radical (unpaired) electrons. The Balaban J connectivity index is 1.46. The van der Waals surface area contributed by atoms with E-state index in [-0.39, 0.29) is 24.4 Å². The Kier molecular flexibility index (Phi) is 6.41. The van der Waals surface area contributed by atoms with Gasteiger partial charge in [-0.05, 0) is 50.3 Å². The van der Waals surface area contributed by atoms with Crippen molar-refractivity contribution >= 4 is 39.5 Å². The van der Waals surface area contributed by atoms with Gasteiger partial charge in [-0.3, -0.25) is 9.78 Å². The molecular weight excluding hydrogens is 447 g/mol. The standard InChI is InChI=1S/C22H25FN6O3S/c1-22(2,3)32-21(31)26-15-4-6-29(12-15)19(30)17-18-16(5-7-33-18)27-20(28-17)25-10-13-8-14(23)11-24-9-13/h5,7-9,11,15H,4,6,10,12H2,1-3H3,(H,26,31)(H,25,27,28)/t15-/m1/s1. The second-order valence-electron chi connectivity index (χ2n) is 8.78. The fourth-order valence-electron chi connectivity index (χ4n) is 3.51. The fourth-order valence-corrected chi connectivity index (χ4v) is 4.32. The molecule has 1 aliphatic heterocycles. The van der Waals surface area contributed by atoms with Crippen LogP contribution in [0.1, 0.15) is 43.2 Å². The van der Waals surface area contributed by atoms with Crippen molar-refractivity contribution < 1.29 is 18.7 Å². The molecule has 4 heterocycles. The first-order valence-electron chi connectivity index (χ1n) is 10.6. The number of pyridine rings is 1. The molecule has 0 aromatic carbocycles. The molecule has 0 spiro atoms. The topological polar surface area (TPSA) is 109 Å². The molecule has 11 heteroatoms. The summed E-state index contributed by atoms with van der Waals surface area (Å²) in [7, 11) is 0. The summed E-state index contributed by atoms with van der Waals surface area (Å²) in [6, 6.07) is 3.00. The molecule has 2 amide bonds. The van der Waals surface area contributed by atoms with Crippen LogP contribution in [0.15, 0.2) is 29.9 Å². The number of carbonyl (C=O) groups is 2. The van der Waals surface area contributed by atoms with Crippen LogP contribution in [0.2, 0.25) is 0 Å². The van der Waals surface area contributed by atoms with Crippen molar-refractivity contribution in [1.29, 1.82) is 0 Å². The van der Waals surface area contributed by atoms with Crippen LogP contribution in [0.4, 0.5) is 15.1 Å². The predicted molar refractivity (Wildman–Crippen MR) is 123 cm³/mol. The molecule has 0 aliphatic carbocycles. The third kappa shape index (κ3) is 5.72. The number of hydrogen-bond acceptors (Lipinski definition) is 8. The van der Waals surface area contributed by atoms with Crippen LogP contribution in [-0.4, -0.2) is 56.6 Å². The van der Waals surface area contributed by atoms with Gasteiger partial charge in [0.05, 0.1) is 22.5 Å². The average Bonchev–Trinajstić information content (AvgIpc) is 3.39. The van der Waals surface area contributed by atoms with E-state index in [1.54, 1.807) is 31.9 Å². The monoisotopic (exact) mass is 472 g/mol. The van der Waals surface area contributed by atoms with Gasteiger partial charge in [0.2, 0.25) is 5.95 Å². The lowest BCUT2D eigenvalue weighted by molar-refractivity contribution is 0.0502. The Morgan fingerprint density at radius 3 is 2.88 bits per heavy atom. The van der Waals surface area contributed by atoms with Crippen molar-refractivity contribution in [2.24, 2.45) is 0 Å². The minimum atomic E-state index is -0.588. The number of fused-ring (bicyclic) bond motifs is 1. The molecule has 1 saturated heterocycles. The van der Waals surface area contributed by atoms with E-state index >= 15 is 0 Å². The lowest BCUT2D eigenvalue weighted by atomic mass is 10.2. The van der Waals surface area contributed by atoms with Gasteiger partial charge < -0.3 is 20.3 Å². The van der Waals surface area contributed by atoms with Gasteiger partial charge in [0.25, 0.3) is 5.91 Å². The van der Waals surface area contributed by atoms with Gasteiger partial charge in [-0.1, -0.05) is 0 Å². The van der Waals surface area contributed by atoms with Crippen molar-refractivity contribution in [2.45, 2.75) is 45.4 Å². The maximum absolute atomic E-state index is 13.4. The first-order chi connectivity index (χ1) is 15.7. The number of nitrogens with zero attached hydrogens (tertiary/aromatic N) is 4. The lowest BCUT2D eigenvalue weighted by Gasteiger charge is -2.22. The normalized spacial score (nSPS) is 16.1. The van der Waals surface area contributed by atoms with Gasteiger partial charge in [0.1, 0.15) is 11.4 Å². The van der Waals surface area contributed by atoms with Gasteiger partial charge in [-0.25, -0.2) is 19.2 Å². The van der Waals surface area contributed by atoms with Gasteiger partial charge in [0, 0.05) is 25.8 Å². The second kappa shape index (κ2) is 9.26. The Bertz CT molecular complexity index is 1180. The number of thiophene rings is 1. The number of anilines is 1. The Labute approximate surface area is 194 Å². The summed E-state index contributed by atoms with van der Waals surface area (Å²) in [6.45, 7) is 6.53. The molecule has 33 heavy (non-hydrogen) atoms. The summed E-state index contributed by atoms with van der Waals surface area (Å²) in [6.07, 6.45) is 2.81. The number of aromatic nitrogens is 3. The highest BCUT2D eigenvalue weighted by Gasteiger charge is 2.31. The predicted octanol–water partition coefficient (Wildman–Crippen LogP) is 3.58. The first kappa shape index (κ1) is 22.8. The highest BCUT2D eigenvalue weighted by Crippen LogP contribution is 2.26. The average molecular weight is 473 g/mol. The summed E-state index contributed by atoms with van der Waals surface area (Å²) in [4.78, 5) is 39.8. The highest BCUT2D eigenvalue weighted by molar-refractivity contribution is 7.17. The quantitative estimate of drug-likeness (QED) is 0.584. The van der Waals surface area contributed by atoms with Crippen molar-refractivity contribution in [3.8, 4) is 0 Å². The van der Waals surface area contributed by atoms with E-state index < -0.39 is 17.5 Å². The number of nitrogens with one attached hydrogen (secondary N) is 2. The fraction of sp³-hybridized carbons (Fsp3) is 0.409. The highest BCUT2D eigenvalue weighted by atomic mass is 32.1. The smallest absolute Gasteiger partial charge is 0.407 e. The van der Waals surface area contributed by atoms with E-state index in [0.29, 0.717) is 41.0 Å². The molecule has 1 atom stereocenters. The van der Waals surface area contributed by atoms with Crippen LogP contribution < -0.4 is 10.6 Å². The molecule has 1 aliphatic rings. The first-order valence-corrected chi connectivity index (χ1v) is 11.4. The van der Waals surface area contributed by atoms with Gasteiger partial charge in [-0.15, -0.1) is 11.3 Å². The zero-order valence-electron chi connectivity index (χ0n) is 18.6. The molecule has 9 nitrogen and oxygen atoms in total. The number of rotatable bonds is 5. The van der Waals surface area contributed by atoms with Crippen LogP contribution in [0.3, 0.4) is 0 Å². The van der Waals surface area contributed by atoms with Crippen LogP contribution in [0.25, 0.3) is 10.2 Å². The van der Waals surface area contributed by atoms with E-state index in [4.69, 9.17) is 4.74 Å². The van der Waals surface area contributed by atoms with E-state index in [0.717, 1.165) is 6.20 Å². The number of hydrogen-bond donors (Lipinski definition) is 2. The number of alkyl carbamates (subject to hydrolysis) is 1. The number of likely N-dealkylation sites (tertiary alicyclic amines) is 1. The molecular formula is C22H25FN6O3S. The van der Waals surface area contributed by atoms with Crippen molar-refractivity contribution in [3.63, 3.8) is 0 Å². The number of amides is 2. The second-order valence-corrected chi connectivity index (χ2v) is 9.69. The molecule has 2 N–H and O–H groups in total. The summed E-state index contributed by atoms with van der Waals surface area (Å²) >= 11 is 1.39. The van der Waals surface area contributed by atoms with E-state index in [2.05, 4.69) is 25.6 Å². The maximum Gasteiger partial charge on any atom is 0.407 e. The van der Waals surface area contributed by atoms with Crippen molar-refractivity contribution in [2.75, 3.05) is 18.4 Å². The minimum absolute atomic E-state index is 0.192. The molecule has 0 unspecified atom stereocenters. The SMILES string of the molecule is CC(C)(C)OC(=O)N[C@@H]1CCN(C(=O)c2nc(NCc3cncc(F)c3)nc3ccsc23)C1. The molecule has 3 aromatic rings. The number of halogens is 1. The zero-order valence-corrected chi connectivity index (χ0v) is 19.4. The minimum Gasteiger partial charge on any atom is -0.444 e. The largest absolute Gasteiger partial charge is 0.444 e. The number of carbonyl (C=O) groups excluding carboxylic acids is 2. The summed E-state index contributed by atoms with van der Waals surface area (Å²) in [5.41, 5.74) is 0.996. The van der Waals surface area contributed by atoms with Crippen molar-refractivity contribution in [1.82, 2.24) is 25.2 Å².